The number of furan rings is 1. The first-order valence-electron chi connectivity index (χ1n) is 9.31. The van der Waals surface area contributed by atoms with Gasteiger partial charge in [-0.3, -0.25) is 14.7 Å². The van der Waals surface area contributed by atoms with Gasteiger partial charge in [-0.05, 0) is 62.7 Å². The number of anilines is 1. The Hall–Kier alpha value is -2.44. The third-order valence-electron chi connectivity index (χ3n) is 4.91. The lowest BCUT2D eigenvalue weighted by Gasteiger charge is -2.35. The first kappa shape index (κ1) is 17.9. The Kier molecular flexibility index (Phi) is 5.36. The summed E-state index contributed by atoms with van der Waals surface area (Å²) in [6.07, 6.45) is 8.93. The van der Waals surface area contributed by atoms with E-state index in [4.69, 9.17) is 4.42 Å². The number of thiophene rings is 1. The van der Waals surface area contributed by atoms with Crippen LogP contribution in [0.25, 0.3) is 0 Å². The number of rotatable bonds is 5. The molecule has 0 bridgehead atoms. The number of amides is 1. The maximum Gasteiger partial charge on any atom is 0.291 e. The van der Waals surface area contributed by atoms with Crippen LogP contribution in [0, 0.1) is 6.92 Å². The minimum atomic E-state index is -0.216. The van der Waals surface area contributed by atoms with Gasteiger partial charge in [-0.2, -0.15) is 0 Å². The van der Waals surface area contributed by atoms with E-state index in [0.717, 1.165) is 29.2 Å². The zero-order valence-corrected chi connectivity index (χ0v) is 16.2. The van der Waals surface area contributed by atoms with E-state index in [9.17, 15) is 4.79 Å². The summed E-state index contributed by atoms with van der Waals surface area (Å²) in [5.74, 6) is 0.106. The fraction of sp³-hybridized carbons (Fsp3) is 0.333. The summed E-state index contributed by atoms with van der Waals surface area (Å²) in [7, 11) is 0. The van der Waals surface area contributed by atoms with Gasteiger partial charge in [0.05, 0.1) is 12.3 Å². The van der Waals surface area contributed by atoms with E-state index in [1.54, 1.807) is 29.7 Å². The van der Waals surface area contributed by atoms with E-state index < -0.39 is 0 Å². The zero-order valence-electron chi connectivity index (χ0n) is 15.4. The average molecular weight is 382 g/mol. The highest BCUT2D eigenvalue weighted by molar-refractivity contribution is 7.16. The van der Waals surface area contributed by atoms with Gasteiger partial charge in [0.25, 0.3) is 5.91 Å². The molecule has 1 aliphatic heterocycles. The van der Waals surface area contributed by atoms with Crippen LogP contribution in [0.4, 0.5) is 5.00 Å². The van der Waals surface area contributed by atoms with Gasteiger partial charge in [-0.25, -0.2) is 0 Å². The summed E-state index contributed by atoms with van der Waals surface area (Å²) in [5, 5.41) is 3.94. The van der Waals surface area contributed by atoms with Gasteiger partial charge in [-0.1, -0.05) is 12.5 Å². The molecule has 1 atom stereocenters. The predicted molar refractivity (Wildman–Crippen MR) is 107 cm³/mol. The van der Waals surface area contributed by atoms with Crippen LogP contribution in [0.1, 0.15) is 51.9 Å². The highest BCUT2D eigenvalue weighted by Crippen LogP contribution is 2.39. The second kappa shape index (κ2) is 8.06. The molecule has 0 aliphatic carbocycles. The zero-order chi connectivity index (χ0) is 18.6. The molecule has 0 radical (unpaired) electrons. The summed E-state index contributed by atoms with van der Waals surface area (Å²) >= 11 is 1.61. The van der Waals surface area contributed by atoms with Crippen molar-refractivity contribution in [1.82, 2.24) is 9.88 Å². The number of carbonyl (C=O) groups is 1. The van der Waals surface area contributed by atoms with Crippen LogP contribution in [0.5, 0.6) is 0 Å². The third kappa shape index (κ3) is 3.96. The standard InChI is InChI=1S/C21H23N3O2S/c1-15-13-17(21(27-15)23-20(25)18-8-6-12-26-18)19(16-7-5-9-22-14-16)24-10-3-2-4-11-24/h5-9,12-14,19H,2-4,10-11H2,1H3,(H,23,25). The largest absolute Gasteiger partial charge is 0.459 e. The molecule has 27 heavy (non-hydrogen) atoms. The van der Waals surface area contributed by atoms with Gasteiger partial charge in [0, 0.05) is 22.8 Å². The first-order chi connectivity index (χ1) is 13.2. The fourth-order valence-electron chi connectivity index (χ4n) is 3.71. The molecule has 140 valence electrons. The molecule has 1 amide bonds. The topological polar surface area (TPSA) is 58.4 Å². The number of hydrogen-bond acceptors (Lipinski definition) is 5. The molecule has 4 heterocycles. The van der Waals surface area contributed by atoms with Gasteiger partial charge in [0.1, 0.15) is 5.00 Å². The number of carbonyl (C=O) groups excluding carboxylic acids is 1. The SMILES string of the molecule is Cc1cc(C(c2cccnc2)N2CCCCC2)c(NC(=O)c2ccco2)s1. The van der Waals surface area contributed by atoms with Crippen LogP contribution >= 0.6 is 11.3 Å². The molecule has 1 N–H and O–H groups in total. The Morgan fingerprint density at radius 1 is 1.26 bits per heavy atom. The molecular weight excluding hydrogens is 358 g/mol. The number of aryl methyl sites for hydroxylation is 1. The number of likely N-dealkylation sites (tertiary alicyclic amines) is 1. The Morgan fingerprint density at radius 3 is 2.81 bits per heavy atom. The highest BCUT2D eigenvalue weighted by Gasteiger charge is 2.28. The van der Waals surface area contributed by atoms with Crippen molar-refractivity contribution in [3.63, 3.8) is 0 Å². The van der Waals surface area contributed by atoms with Crippen LogP contribution in [-0.4, -0.2) is 28.9 Å². The number of nitrogens with one attached hydrogen (secondary N) is 1. The monoisotopic (exact) mass is 381 g/mol. The van der Waals surface area contributed by atoms with Crippen molar-refractivity contribution in [2.45, 2.75) is 32.2 Å². The third-order valence-corrected chi connectivity index (χ3v) is 5.89. The van der Waals surface area contributed by atoms with E-state index in [1.165, 1.54) is 30.4 Å². The summed E-state index contributed by atoms with van der Waals surface area (Å²) in [6.45, 7) is 4.19. The molecule has 4 rings (SSSR count). The van der Waals surface area contributed by atoms with Crippen LogP contribution in [0.3, 0.4) is 0 Å². The average Bonchev–Trinajstić information content (AvgIpc) is 3.34. The molecular formula is C21H23N3O2S. The van der Waals surface area contributed by atoms with Crippen molar-refractivity contribution in [1.29, 1.82) is 0 Å². The van der Waals surface area contributed by atoms with Gasteiger partial charge < -0.3 is 9.73 Å². The maximum absolute atomic E-state index is 12.5. The predicted octanol–water partition coefficient (Wildman–Crippen LogP) is 4.87. The Labute approximate surface area is 163 Å². The number of hydrogen-bond donors (Lipinski definition) is 1. The Balaban J connectivity index is 1.70. The maximum atomic E-state index is 12.5. The van der Waals surface area contributed by atoms with Gasteiger partial charge in [0.2, 0.25) is 0 Å². The minimum Gasteiger partial charge on any atom is -0.459 e. The summed E-state index contributed by atoms with van der Waals surface area (Å²) in [5.41, 5.74) is 2.29. The van der Waals surface area contributed by atoms with Crippen molar-refractivity contribution in [2.24, 2.45) is 0 Å². The van der Waals surface area contributed by atoms with Crippen LogP contribution < -0.4 is 5.32 Å². The summed E-state index contributed by atoms with van der Waals surface area (Å²) < 4.78 is 5.25. The van der Waals surface area contributed by atoms with Gasteiger partial charge in [0.15, 0.2) is 5.76 Å². The van der Waals surface area contributed by atoms with Crippen LogP contribution in [-0.2, 0) is 0 Å². The number of piperidine rings is 1. The van der Waals surface area contributed by atoms with Crippen molar-refractivity contribution in [2.75, 3.05) is 18.4 Å². The lowest BCUT2D eigenvalue weighted by Crippen LogP contribution is -2.34. The lowest BCUT2D eigenvalue weighted by molar-refractivity contribution is 0.0996. The molecule has 6 heteroatoms. The normalized spacial score (nSPS) is 16.2. The van der Waals surface area contributed by atoms with E-state index in [2.05, 4.69) is 34.3 Å². The number of pyridine rings is 1. The fourth-order valence-corrected chi connectivity index (χ4v) is 4.65. The second-order valence-electron chi connectivity index (χ2n) is 6.86. The molecule has 1 saturated heterocycles. The number of aromatic nitrogens is 1. The lowest BCUT2D eigenvalue weighted by atomic mass is 9.97. The molecule has 0 spiro atoms. The van der Waals surface area contributed by atoms with Gasteiger partial charge in [-0.15, -0.1) is 11.3 Å². The van der Waals surface area contributed by atoms with Crippen molar-refractivity contribution in [3.05, 3.63) is 70.8 Å². The smallest absolute Gasteiger partial charge is 0.291 e. The van der Waals surface area contributed by atoms with Crippen molar-refractivity contribution < 1.29 is 9.21 Å². The van der Waals surface area contributed by atoms with Crippen LogP contribution in [0.2, 0.25) is 0 Å². The second-order valence-corrected chi connectivity index (χ2v) is 8.11. The highest BCUT2D eigenvalue weighted by atomic mass is 32.1. The number of nitrogens with zero attached hydrogens (tertiary/aromatic N) is 2. The molecule has 1 aliphatic rings. The van der Waals surface area contributed by atoms with E-state index in [0.29, 0.717) is 5.76 Å². The quantitative estimate of drug-likeness (QED) is 0.685. The molecule has 0 aromatic carbocycles. The van der Waals surface area contributed by atoms with E-state index in [-0.39, 0.29) is 11.9 Å². The Morgan fingerprint density at radius 2 is 2.11 bits per heavy atom. The molecule has 1 unspecified atom stereocenters. The summed E-state index contributed by atoms with van der Waals surface area (Å²) in [4.78, 5) is 20.6. The first-order valence-corrected chi connectivity index (χ1v) is 10.1. The molecule has 0 saturated carbocycles. The molecule has 1 fully saturated rings. The van der Waals surface area contributed by atoms with Crippen molar-refractivity contribution in [3.8, 4) is 0 Å². The van der Waals surface area contributed by atoms with Crippen molar-refractivity contribution >= 4 is 22.2 Å². The van der Waals surface area contributed by atoms with Crippen LogP contribution in [0.15, 0.2) is 53.4 Å². The Bertz CT molecular complexity index is 884. The molecule has 3 aromatic heterocycles. The van der Waals surface area contributed by atoms with E-state index >= 15 is 0 Å². The summed E-state index contributed by atoms with van der Waals surface area (Å²) in [6, 6.07) is 9.79. The van der Waals surface area contributed by atoms with E-state index in [1.807, 2.05) is 12.3 Å². The molecule has 5 nitrogen and oxygen atoms in total. The van der Waals surface area contributed by atoms with Gasteiger partial charge >= 0.3 is 0 Å². The molecule has 3 aromatic rings. The minimum absolute atomic E-state index is 0.0934.